The second-order valence-electron chi connectivity index (χ2n) is 4.26. The molecule has 0 saturated heterocycles. The summed E-state index contributed by atoms with van der Waals surface area (Å²) in [5.74, 6) is -0.252. The van der Waals surface area contributed by atoms with Gasteiger partial charge in [-0.25, -0.2) is 0 Å². The van der Waals surface area contributed by atoms with Crippen LogP contribution in [0.25, 0.3) is 6.08 Å². The Balaban J connectivity index is 2.47. The van der Waals surface area contributed by atoms with Gasteiger partial charge in [0.25, 0.3) is 0 Å². The number of hydrogen-bond donors (Lipinski definition) is 2. The Morgan fingerprint density at radius 3 is 3.05 bits per heavy atom. The van der Waals surface area contributed by atoms with Crippen LogP contribution < -0.4 is 5.32 Å². The molecular weight excluding hydrogens is 240 g/mol. The molecule has 0 bridgehead atoms. The van der Waals surface area contributed by atoms with Crippen LogP contribution >= 0.6 is 0 Å². The zero-order valence-electron chi connectivity index (χ0n) is 11.0. The van der Waals surface area contributed by atoms with Gasteiger partial charge >= 0.3 is 0 Å². The normalized spacial score (nSPS) is 12.1. The largest absolute Gasteiger partial charge is 0.391 e. The Hall–Kier alpha value is -2.12. The number of aliphatic hydroxyl groups excluding tert-OH is 1. The molecule has 0 fully saturated rings. The number of aliphatic hydroxyl groups is 1. The molecule has 0 aliphatic rings. The van der Waals surface area contributed by atoms with Gasteiger partial charge in [-0.3, -0.25) is 4.79 Å². The summed E-state index contributed by atoms with van der Waals surface area (Å²) in [6.45, 7) is 2.24. The zero-order valence-corrected chi connectivity index (χ0v) is 11.0. The third kappa shape index (κ3) is 5.84. The summed E-state index contributed by atoms with van der Waals surface area (Å²) in [7, 11) is 0. The maximum atomic E-state index is 11.5. The Kier molecular flexibility index (Phi) is 6.34. The SMILES string of the molecule is CCCC(O)CNC(=O)/C=C/c1cccc(C#N)c1. The van der Waals surface area contributed by atoms with Crippen molar-refractivity contribution >= 4 is 12.0 Å². The zero-order chi connectivity index (χ0) is 14.1. The predicted octanol–water partition coefficient (Wildman–Crippen LogP) is 1.85. The van der Waals surface area contributed by atoms with Gasteiger partial charge in [0.05, 0.1) is 17.7 Å². The molecule has 19 heavy (non-hydrogen) atoms. The van der Waals surface area contributed by atoms with Crippen LogP contribution in [-0.2, 0) is 4.79 Å². The fraction of sp³-hybridized carbons (Fsp3) is 0.333. The summed E-state index contributed by atoms with van der Waals surface area (Å²) in [5.41, 5.74) is 1.35. The minimum atomic E-state index is -0.496. The molecule has 1 unspecified atom stereocenters. The van der Waals surface area contributed by atoms with E-state index in [0.29, 0.717) is 12.0 Å². The van der Waals surface area contributed by atoms with Gasteiger partial charge in [-0.1, -0.05) is 25.5 Å². The van der Waals surface area contributed by atoms with E-state index in [1.54, 1.807) is 24.3 Å². The highest BCUT2D eigenvalue weighted by molar-refractivity contribution is 5.91. The number of nitrogens with zero attached hydrogens (tertiary/aromatic N) is 1. The van der Waals surface area contributed by atoms with Gasteiger partial charge in [-0.05, 0) is 30.2 Å². The van der Waals surface area contributed by atoms with Gasteiger partial charge in [-0.15, -0.1) is 0 Å². The highest BCUT2D eigenvalue weighted by Crippen LogP contribution is 2.05. The van der Waals surface area contributed by atoms with E-state index in [2.05, 4.69) is 5.32 Å². The van der Waals surface area contributed by atoms with Gasteiger partial charge in [0, 0.05) is 12.6 Å². The van der Waals surface area contributed by atoms with Crippen molar-refractivity contribution in [3.63, 3.8) is 0 Å². The number of hydrogen-bond acceptors (Lipinski definition) is 3. The Labute approximate surface area is 113 Å². The van der Waals surface area contributed by atoms with Crippen LogP contribution in [0.1, 0.15) is 30.9 Å². The lowest BCUT2D eigenvalue weighted by Crippen LogP contribution is -2.30. The first-order valence-electron chi connectivity index (χ1n) is 6.30. The molecule has 0 aliphatic carbocycles. The number of carbonyl (C=O) groups excluding carboxylic acids is 1. The van der Waals surface area contributed by atoms with Crippen molar-refractivity contribution in [2.75, 3.05) is 6.54 Å². The number of nitrogens with one attached hydrogen (secondary N) is 1. The van der Waals surface area contributed by atoms with Crippen LogP contribution in [0.2, 0.25) is 0 Å². The van der Waals surface area contributed by atoms with Gasteiger partial charge in [0.15, 0.2) is 0 Å². The predicted molar refractivity (Wildman–Crippen MR) is 74.1 cm³/mol. The van der Waals surface area contributed by atoms with E-state index in [4.69, 9.17) is 5.26 Å². The van der Waals surface area contributed by atoms with Crippen molar-refractivity contribution < 1.29 is 9.90 Å². The van der Waals surface area contributed by atoms with Crippen molar-refractivity contribution in [2.24, 2.45) is 0 Å². The fourth-order valence-electron chi connectivity index (χ4n) is 1.60. The first-order chi connectivity index (χ1) is 9.15. The molecule has 0 spiro atoms. The number of amides is 1. The number of benzene rings is 1. The Bertz CT molecular complexity index is 489. The summed E-state index contributed by atoms with van der Waals surface area (Å²) in [6.07, 6.45) is 4.10. The molecule has 0 radical (unpaired) electrons. The maximum absolute atomic E-state index is 11.5. The lowest BCUT2D eigenvalue weighted by Gasteiger charge is -2.08. The first kappa shape index (κ1) is 14.9. The quantitative estimate of drug-likeness (QED) is 0.765. The average molecular weight is 258 g/mol. The van der Waals surface area contributed by atoms with Gasteiger partial charge < -0.3 is 10.4 Å². The van der Waals surface area contributed by atoms with E-state index >= 15 is 0 Å². The standard InChI is InChI=1S/C15H18N2O2/c1-2-4-14(18)11-17-15(19)8-7-12-5-3-6-13(9-12)10-16/h3,5-9,14,18H,2,4,11H2,1H3,(H,17,19)/b8-7+. The number of nitriles is 1. The van der Waals surface area contributed by atoms with Gasteiger partial charge in [0.1, 0.15) is 0 Å². The number of carbonyl (C=O) groups is 1. The number of rotatable bonds is 6. The maximum Gasteiger partial charge on any atom is 0.244 e. The van der Waals surface area contributed by atoms with Crippen molar-refractivity contribution in [1.29, 1.82) is 5.26 Å². The average Bonchev–Trinajstić information content (AvgIpc) is 2.43. The molecule has 1 amide bonds. The molecular formula is C15H18N2O2. The molecule has 100 valence electrons. The van der Waals surface area contributed by atoms with E-state index in [9.17, 15) is 9.90 Å². The van der Waals surface area contributed by atoms with Crippen molar-refractivity contribution in [3.05, 3.63) is 41.5 Å². The van der Waals surface area contributed by atoms with Crippen LogP contribution in [-0.4, -0.2) is 23.7 Å². The molecule has 1 atom stereocenters. The van der Waals surface area contributed by atoms with E-state index in [0.717, 1.165) is 12.0 Å². The molecule has 4 nitrogen and oxygen atoms in total. The van der Waals surface area contributed by atoms with E-state index < -0.39 is 6.10 Å². The van der Waals surface area contributed by atoms with E-state index in [-0.39, 0.29) is 12.5 Å². The minimum Gasteiger partial charge on any atom is -0.391 e. The molecule has 0 heterocycles. The smallest absolute Gasteiger partial charge is 0.244 e. The molecule has 0 saturated carbocycles. The summed E-state index contributed by atoms with van der Waals surface area (Å²) in [5, 5.41) is 20.9. The van der Waals surface area contributed by atoms with Crippen LogP contribution in [0.3, 0.4) is 0 Å². The van der Waals surface area contributed by atoms with Crippen LogP contribution in [0.5, 0.6) is 0 Å². The van der Waals surface area contributed by atoms with Gasteiger partial charge in [-0.2, -0.15) is 5.26 Å². The Morgan fingerprint density at radius 2 is 2.37 bits per heavy atom. The first-order valence-corrected chi connectivity index (χ1v) is 6.30. The highest BCUT2D eigenvalue weighted by Gasteiger charge is 2.03. The summed E-state index contributed by atoms with van der Waals surface area (Å²) in [6, 6.07) is 9.03. The molecule has 0 aromatic heterocycles. The van der Waals surface area contributed by atoms with E-state index in [1.165, 1.54) is 6.08 Å². The lowest BCUT2D eigenvalue weighted by molar-refractivity contribution is -0.116. The summed E-state index contributed by atoms with van der Waals surface area (Å²) in [4.78, 5) is 11.5. The van der Waals surface area contributed by atoms with Crippen LogP contribution in [0.15, 0.2) is 30.3 Å². The third-order valence-electron chi connectivity index (χ3n) is 2.58. The topological polar surface area (TPSA) is 73.1 Å². The van der Waals surface area contributed by atoms with Gasteiger partial charge in [0.2, 0.25) is 5.91 Å². The summed E-state index contributed by atoms with van der Waals surface area (Å²) < 4.78 is 0. The molecule has 2 N–H and O–H groups in total. The lowest BCUT2D eigenvalue weighted by atomic mass is 10.1. The second-order valence-corrected chi connectivity index (χ2v) is 4.26. The highest BCUT2D eigenvalue weighted by atomic mass is 16.3. The van der Waals surface area contributed by atoms with E-state index in [1.807, 2.05) is 19.1 Å². The van der Waals surface area contributed by atoms with Crippen LogP contribution in [0.4, 0.5) is 0 Å². The second kappa shape index (κ2) is 8.06. The fourth-order valence-corrected chi connectivity index (χ4v) is 1.60. The van der Waals surface area contributed by atoms with Crippen molar-refractivity contribution in [1.82, 2.24) is 5.32 Å². The molecule has 1 aromatic carbocycles. The summed E-state index contributed by atoms with van der Waals surface area (Å²) >= 11 is 0. The molecule has 4 heteroatoms. The molecule has 1 rings (SSSR count). The van der Waals surface area contributed by atoms with Crippen LogP contribution in [0, 0.1) is 11.3 Å². The monoisotopic (exact) mass is 258 g/mol. The Morgan fingerprint density at radius 1 is 1.58 bits per heavy atom. The molecule has 1 aromatic rings. The third-order valence-corrected chi connectivity index (χ3v) is 2.58. The minimum absolute atomic E-state index is 0.252. The van der Waals surface area contributed by atoms with Crippen molar-refractivity contribution in [2.45, 2.75) is 25.9 Å². The van der Waals surface area contributed by atoms with Crippen molar-refractivity contribution in [3.8, 4) is 6.07 Å². The molecule has 0 aliphatic heterocycles.